The van der Waals surface area contributed by atoms with Crippen LogP contribution >= 0.6 is 0 Å². The first kappa shape index (κ1) is 18.8. The number of likely N-dealkylation sites (tertiary alicyclic amines) is 1. The third-order valence-corrected chi connectivity index (χ3v) is 6.01. The van der Waals surface area contributed by atoms with Crippen molar-refractivity contribution in [1.82, 2.24) is 14.2 Å². The number of sulfonamides is 1. The minimum atomic E-state index is -3.53. The Kier molecular flexibility index (Phi) is 5.12. The van der Waals surface area contributed by atoms with Gasteiger partial charge in [0.2, 0.25) is 15.9 Å². The SMILES string of the molecule is CN(C)S(=O)(=O)c1ccc(C(=O)N2CC(Oc3ncccc3C#N)C2)cc1. The average Bonchev–Trinajstić information content (AvgIpc) is 2.64. The highest BCUT2D eigenvalue weighted by atomic mass is 32.2. The lowest BCUT2D eigenvalue weighted by Gasteiger charge is -2.38. The molecule has 0 spiro atoms. The lowest BCUT2D eigenvalue weighted by Crippen LogP contribution is -2.56. The predicted octanol–water partition coefficient (Wildman–Crippen LogP) is 1.11. The summed E-state index contributed by atoms with van der Waals surface area (Å²) in [6, 6.07) is 11.1. The zero-order valence-corrected chi connectivity index (χ0v) is 15.7. The molecule has 8 nitrogen and oxygen atoms in total. The van der Waals surface area contributed by atoms with Crippen LogP contribution in [0.4, 0.5) is 0 Å². The molecule has 0 saturated carbocycles. The van der Waals surface area contributed by atoms with Gasteiger partial charge in [0.05, 0.1) is 18.0 Å². The summed E-state index contributed by atoms with van der Waals surface area (Å²) in [5, 5.41) is 9.04. The number of amides is 1. The zero-order valence-electron chi connectivity index (χ0n) is 14.9. The third-order valence-electron chi connectivity index (χ3n) is 4.19. The Bertz CT molecular complexity index is 991. The number of carbonyl (C=O) groups is 1. The fourth-order valence-electron chi connectivity index (χ4n) is 2.57. The molecule has 0 unspecified atom stereocenters. The molecule has 27 heavy (non-hydrogen) atoms. The van der Waals surface area contributed by atoms with E-state index in [2.05, 4.69) is 4.98 Å². The topological polar surface area (TPSA) is 104 Å². The zero-order chi connectivity index (χ0) is 19.6. The summed E-state index contributed by atoms with van der Waals surface area (Å²) >= 11 is 0. The van der Waals surface area contributed by atoms with Gasteiger partial charge in [-0.3, -0.25) is 4.79 Å². The van der Waals surface area contributed by atoms with Crippen LogP contribution in [0.1, 0.15) is 15.9 Å². The molecule has 0 bridgehead atoms. The molecule has 2 aromatic rings. The largest absolute Gasteiger partial charge is 0.470 e. The van der Waals surface area contributed by atoms with Crippen molar-refractivity contribution < 1.29 is 17.9 Å². The van der Waals surface area contributed by atoms with Crippen LogP contribution in [0.3, 0.4) is 0 Å². The van der Waals surface area contributed by atoms with E-state index in [0.717, 1.165) is 4.31 Å². The number of pyridine rings is 1. The fourth-order valence-corrected chi connectivity index (χ4v) is 3.47. The monoisotopic (exact) mass is 386 g/mol. The molecule has 1 aromatic heterocycles. The highest BCUT2D eigenvalue weighted by Crippen LogP contribution is 2.22. The Hall–Kier alpha value is -2.96. The van der Waals surface area contributed by atoms with Crippen molar-refractivity contribution in [2.75, 3.05) is 27.2 Å². The van der Waals surface area contributed by atoms with Crippen molar-refractivity contribution in [3.8, 4) is 11.9 Å². The van der Waals surface area contributed by atoms with Gasteiger partial charge in [-0.05, 0) is 36.4 Å². The molecule has 1 aliphatic heterocycles. The molecule has 0 radical (unpaired) electrons. The van der Waals surface area contributed by atoms with Crippen LogP contribution in [0.25, 0.3) is 0 Å². The molecule has 9 heteroatoms. The van der Waals surface area contributed by atoms with E-state index >= 15 is 0 Å². The lowest BCUT2D eigenvalue weighted by molar-refractivity contribution is 0.0159. The highest BCUT2D eigenvalue weighted by Gasteiger charge is 2.33. The maximum Gasteiger partial charge on any atom is 0.254 e. The highest BCUT2D eigenvalue weighted by molar-refractivity contribution is 7.89. The summed E-state index contributed by atoms with van der Waals surface area (Å²) in [7, 11) is -0.621. The van der Waals surface area contributed by atoms with E-state index in [1.54, 1.807) is 23.2 Å². The predicted molar refractivity (Wildman–Crippen MR) is 96.6 cm³/mol. The molecule has 1 aliphatic rings. The number of carbonyl (C=O) groups excluding carboxylic acids is 1. The standard InChI is InChI=1S/C18H18N4O4S/c1-21(2)27(24,25)16-7-5-13(6-8-16)18(23)22-11-15(12-22)26-17-14(10-19)4-3-9-20-17/h3-9,15H,11-12H2,1-2H3. The minimum absolute atomic E-state index is 0.132. The van der Waals surface area contributed by atoms with Crippen LogP contribution in [0.15, 0.2) is 47.5 Å². The van der Waals surface area contributed by atoms with Crippen molar-refractivity contribution in [3.63, 3.8) is 0 Å². The normalized spacial score (nSPS) is 14.5. The maximum atomic E-state index is 12.5. The van der Waals surface area contributed by atoms with Crippen LogP contribution in [-0.2, 0) is 10.0 Å². The first-order valence-corrected chi connectivity index (χ1v) is 9.60. The first-order valence-electron chi connectivity index (χ1n) is 8.16. The van der Waals surface area contributed by atoms with Gasteiger partial charge in [0.1, 0.15) is 17.7 Å². The molecular formula is C18H18N4O4S. The minimum Gasteiger partial charge on any atom is -0.470 e. The molecule has 1 amide bonds. The summed E-state index contributed by atoms with van der Waals surface area (Å²) in [6.45, 7) is 0.746. The Morgan fingerprint density at radius 2 is 1.93 bits per heavy atom. The number of nitrogens with zero attached hydrogens (tertiary/aromatic N) is 4. The van der Waals surface area contributed by atoms with Gasteiger partial charge < -0.3 is 9.64 Å². The Balaban J connectivity index is 1.62. The van der Waals surface area contributed by atoms with E-state index in [1.165, 1.54) is 38.4 Å². The first-order chi connectivity index (χ1) is 12.8. The molecule has 140 valence electrons. The number of rotatable bonds is 5. The summed E-state index contributed by atoms with van der Waals surface area (Å²) in [5.41, 5.74) is 0.752. The van der Waals surface area contributed by atoms with E-state index in [4.69, 9.17) is 10.00 Å². The van der Waals surface area contributed by atoms with Crippen LogP contribution in [0, 0.1) is 11.3 Å². The van der Waals surface area contributed by atoms with E-state index in [-0.39, 0.29) is 22.8 Å². The molecule has 0 N–H and O–H groups in total. The fraction of sp³-hybridized carbons (Fsp3) is 0.278. The van der Waals surface area contributed by atoms with Crippen molar-refractivity contribution in [3.05, 3.63) is 53.7 Å². The van der Waals surface area contributed by atoms with Gasteiger partial charge in [-0.25, -0.2) is 17.7 Å². The molecule has 1 aromatic carbocycles. The molecule has 1 saturated heterocycles. The number of hydrogen-bond donors (Lipinski definition) is 0. The van der Waals surface area contributed by atoms with E-state index in [9.17, 15) is 13.2 Å². The van der Waals surface area contributed by atoms with Gasteiger partial charge in [0.15, 0.2) is 0 Å². The average molecular weight is 386 g/mol. The van der Waals surface area contributed by atoms with E-state index < -0.39 is 10.0 Å². The summed E-state index contributed by atoms with van der Waals surface area (Å²) < 4.78 is 30.9. The van der Waals surface area contributed by atoms with Crippen molar-refractivity contribution in [1.29, 1.82) is 5.26 Å². The van der Waals surface area contributed by atoms with Gasteiger partial charge >= 0.3 is 0 Å². The number of hydrogen-bond acceptors (Lipinski definition) is 6. The van der Waals surface area contributed by atoms with Crippen LogP contribution in [0.5, 0.6) is 5.88 Å². The number of aromatic nitrogens is 1. The number of ether oxygens (including phenoxy) is 1. The van der Waals surface area contributed by atoms with Crippen molar-refractivity contribution in [2.45, 2.75) is 11.0 Å². The van der Waals surface area contributed by atoms with Crippen LogP contribution < -0.4 is 4.74 Å². The second-order valence-electron chi connectivity index (χ2n) is 6.23. The Morgan fingerprint density at radius 3 is 2.52 bits per heavy atom. The van der Waals surface area contributed by atoms with Crippen molar-refractivity contribution in [2.24, 2.45) is 0 Å². The summed E-state index contributed by atoms with van der Waals surface area (Å²) in [4.78, 5) is 18.2. The molecule has 0 atom stereocenters. The quantitative estimate of drug-likeness (QED) is 0.762. The number of benzene rings is 1. The molecule has 0 aliphatic carbocycles. The Labute approximate surface area is 157 Å². The second-order valence-corrected chi connectivity index (χ2v) is 8.38. The lowest BCUT2D eigenvalue weighted by atomic mass is 10.1. The van der Waals surface area contributed by atoms with Crippen LogP contribution in [0.2, 0.25) is 0 Å². The number of nitriles is 1. The van der Waals surface area contributed by atoms with Gasteiger partial charge in [-0.1, -0.05) is 0 Å². The second kappa shape index (κ2) is 7.34. The Morgan fingerprint density at radius 1 is 1.26 bits per heavy atom. The van der Waals surface area contributed by atoms with Gasteiger partial charge in [0.25, 0.3) is 5.91 Å². The van der Waals surface area contributed by atoms with Gasteiger partial charge in [-0.2, -0.15) is 5.26 Å². The smallest absolute Gasteiger partial charge is 0.254 e. The maximum absolute atomic E-state index is 12.5. The molecule has 2 heterocycles. The van der Waals surface area contributed by atoms with E-state index in [1.807, 2.05) is 6.07 Å². The molecular weight excluding hydrogens is 368 g/mol. The van der Waals surface area contributed by atoms with E-state index in [0.29, 0.717) is 24.2 Å². The van der Waals surface area contributed by atoms with Crippen molar-refractivity contribution >= 4 is 15.9 Å². The summed E-state index contributed by atoms with van der Waals surface area (Å²) in [6.07, 6.45) is 1.31. The molecule has 1 fully saturated rings. The van der Waals surface area contributed by atoms with Gasteiger partial charge in [0, 0.05) is 25.9 Å². The molecule has 3 rings (SSSR count). The van der Waals surface area contributed by atoms with Crippen LogP contribution in [-0.4, -0.2) is 61.8 Å². The third kappa shape index (κ3) is 3.77. The summed E-state index contributed by atoms with van der Waals surface area (Å²) in [5.74, 6) is 0.0560. The van der Waals surface area contributed by atoms with Gasteiger partial charge in [-0.15, -0.1) is 0 Å².